The van der Waals surface area contributed by atoms with Gasteiger partial charge in [0.15, 0.2) is 0 Å². The summed E-state index contributed by atoms with van der Waals surface area (Å²) in [7, 11) is -1.32. The summed E-state index contributed by atoms with van der Waals surface area (Å²) < 4.78 is 0. The van der Waals surface area contributed by atoms with Crippen molar-refractivity contribution in [3.8, 4) is 67.5 Å². The van der Waals surface area contributed by atoms with Gasteiger partial charge < -0.3 is 17.4 Å². The molecule has 0 radical (unpaired) electrons. The molecule has 0 saturated carbocycles. The molecule has 0 saturated heterocycles. The third-order valence-corrected chi connectivity index (χ3v) is 19.7. The molecule has 3 nitrogen and oxygen atoms in total. The van der Waals surface area contributed by atoms with E-state index in [1.807, 2.05) is 182 Å². The van der Waals surface area contributed by atoms with Crippen molar-refractivity contribution in [1.82, 2.24) is 15.0 Å². The molecule has 7 heteroatoms. The van der Waals surface area contributed by atoms with Gasteiger partial charge in [0, 0.05) is 32.2 Å². The average Bonchev–Trinajstić information content (AvgIpc) is 1.32. The summed E-state index contributed by atoms with van der Waals surface area (Å²) in [5.41, 5.74) is 12.1. The molecule has 15 rings (SSSR count). The second-order valence-corrected chi connectivity index (χ2v) is 25.6. The van der Waals surface area contributed by atoms with Crippen molar-refractivity contribution in [3.05, 3.63) is 426 Å². The Morgan fingerprint density at radius 2 is 0.432 bits per heavy atom. The summed E-state index contributed by atoms with van der Waals surface area (Å²) >= 11 is 0. The van der Waals surface area contributed by atoms with Crippen molar-refractivity contribution < 1.29 is 42.1 Å². The summed E-state index contributed by atoms with van der Waals surface area (Å²) in [5, 5.41) is 8.50. The largest absolute Gasteiger partial charge is 2.00 e. The number of aromatic nitrogens is 3. The van der Waals surface area contributed by atoms with E-state index in [2.05, 4.69) is 247 Å². The predicted octanol–water partition coefficient (Wildman–Crippen LogP) is 19.5. The van der Waals surface area contributed by atoms with Crippen LogP contribution in [0.15, 0.2) is 394 Å². The first-order valence-corrected chi connectivity index (χ1v) is 33.4. The Hall–Kier alpha value is -9.67. The predicted molar refractivity (Wildman–Crippen MR) is 399 cm³/mol. The van der Waals surface area contributed by atoms with Gasteiger partial charge in [-0.25, -0.2) is 4.98 Å². The van der Waals surface area contributed by atoms with Crippen LogP contribution in [0.2, 0.25) is 0 Å². The number of rotatable bonds is 12. The molecule has 3 aromatic heterocycles. The Bertz CT molecular complexity index is 3770. The van der Waals surface area contributed by atoms with Gasteiger partial charge in [-0.15, -0.1) is 144 Å². The summed E-state index contributed by atoms with van der Waals surface area (Å²) in [6.07, 6.45) is 0. The Labute approximate surface area is 593 Å². The van der Waals surface area contributed by atoms with Crippen LogP contribution in [0.3, 0.4) is 0 Å². The molecule has 0 spiro atoms. The minimum Gasteiger partial charge on any atom is -0.358 e. The molecule has 0 atom stereocenters. The first-order valence-electron chi connectivity index (χ1n) is 30.6. The van der Waals surface area contributed by atoms with Crippen LogP contribution in [0, 0.1) is 31.7 Å². The van der Waals surface area contributed by atoms with Crippen LogP contribution < -0.4 is 31.8 Å². The Morgan fingerprint density at radius 3 is 0.674 bits per heavy atom. The van der Waals surface area contributed by atoms with Crippen molar-refractivity contribution >= 4 is 47.7 Å². The van der Waals surface area contributed by atoms with Gasteiger partial charge in [-0.1, -0.05) is 249 Å². The first-order chi connectivity index (χ1) is 45.7. The summed E-state index contributed by atoms with van der Waals surface area (Å²) in [6, 6.07) is 148. The first kappa shape index (κ1) is 71.2. The van der Waals surface area contributed by atoms with Crippen LogP contribution >= 0.6 is 15.8 Å². The van der Waals surface area contributed by atoms with E-state index in [1.54, 1.807) is 0 Å². The third-order valence-electron chi connectivity index (χ3n) is 14.6. The SMILES string of the molecule is [CH3-].[Pt+2].[Pt].[c-]1ccccc1-c1cccc(-c2[c-]cccc2)n1.[c-]1ccccc1-c1cccc(-c2[c-]cccc2)n1.c1ccc(-c2cccc(-c3ccccc3)n2)cc1.c1ccc(P(c2ccccc2)c2ccccc2)cc1.c1ccc([PH+](c2ccccc2)c2ccccc2)cc1. The molecule has 15 aromatic rings. The quantitative estimate of drug-likeness (QED) is 0.0904. The normalized spacial score (nSPS) is 10.0. The van der Waals surface area contributed by atoms with E-state index in [-0.39, 0.29) is 49.6 Å². The molecule has 0 amide bonds. The fourth-order valence-electron chi connectivity index (χ4n) is 10.1. The number of nitrogens with zero attached hydrogens (tertiary/aromatic N) is 3. The van der Waals surface area contributed by atoms with Gasteiger partial charge in [-0.05, 0) is 95.1 Å². The Kier molecular flexibility index (Phi) is 29.3. The second kappa shape index (κ2) is 39.1. The van der Waals surface area contributed by atoms with Gasteiger partial charge in [0.05, 0.1) is 19.3 Å². The molecule has 95 heavy (non-hydrogen) atoms. The van der Waals surface area contributed by atoms with Crippen molar-refractivity contribution in [2.45, 2.75) is 0 Å². The molecule has 0 aliphatic rings. The maximum atomic E-state index is 4.71. The summed E-state index contributed by atoms with van der Waals surface area (Å²) in [6.45, 7) is 0. The van der Waals surface area contributed by atoms with Gasteiger partial charge in [-0.2, -0.15) is 0 Å². The second-order valence-electron chi connectivity index (χ2n) is 20.9. The standard InChI is InChI=1S/2C18H15P.C17H13N.2C17H11N.CH3.2Pt/c2*1-4-10-16(11-5-1)19(17-12-6-2-7-13-17)18-14-8-3-9-15-18;3*1-3-8-14(9-4-1)16-12-7-13-17(18-16)15-10-5-2-6-11-15;;;/h2*1-15H;1-13H;2*1-8,10,12-13H;1H3;;/q;;;2*-2;-1;;+2/p+1. The zero-order chi connectivity index (χ0) is 62.5. The van der Waals surface area contributed by atoms with Crippen molar-refractivity contribution in [1.29, 1.82) is 0 Å². The fourth-order valence-corrected chi connectivity index (χ4v) is 15.0. The number of benzene rings is 12. The van der Waals surface area contributed by atoms with Crippen molar-refractivity contribution in [2.75, 3.05) is 0 Å². The molecule has 0 aliphatic heterocycles. The van der Waals surface area contributed by atoms with Crippen LogP contribution in [0.25, 0.3) is 67.5 Å². The third kappa shape index (κ3) is 21.2. The van der Waals surface area contributed by atoms with E-state index in [1.165, 1.54) is 31.8 Å². The van der Waals surface area contributed by atoms with Crippen LogP contribution in [-0.4, -0.2) is 15.0 Å². The monoisotopic (exact) mass is 1620 g/mol. The molecule has 3 heterocycles. The molecule has 12 aromatic carbocycles. The maximum absolute atomic E-state index is 4.71. The summed E-state index contributed by atoms with van der Waals surface area (Å²) in [4.78, 5) is 14.0. The van der Waals surface area contributed by atoms with Gasteiger partial charge in [0.25, 0.3) is 0 Å². The molecular formula is C88H69N3P2Pt2-2. The van der Waals surface area contributed by atoms with Gasteiger partial charge in [0.1, 0.15) is 15.9 Å². The molecule has 0 fully saturated rings. The number of hydrogen-bond acceptors (Lipinski definition) is 3. The molecule has 468 valence electrons. The molecule has 0 bridgehead atoms. The number of hydrogen-bond donors (Lipinski definition) is 0. The van der Waals surface area contributed by atoms with Crippen LogP contribution in [0.5, 0.6) is 0 Å². The topological polar surface area (TPSA) is 38.7 Å². The molecule has 0 N–H and O–H groups in total. The minimum absolute atomic E-state index is 0. The minimum atomic E-state index is -0.877. The van der Waals surface area contributed by atoms with E-state index in [9.17, 15) is 0 Å². The Balaban J connectivity index is 0.000000151. The van der Waals surface area contributed by atoms with E-state index in [0.29, 0.717) is 0 Å². The molecule has 0 aliphatic carbocycles. The van der Waals surface area contributed by atoms with E-state index < -0.39 is 15.8 Å². The van der Waals surface area contributed by atoms with Gasteiger partial charge in [-0.3, -0.25) is 0 Å². The van der Waals surface area contributed by atoms with E-state index >= 15 is 0 Å². The average molecular weight is 1620 g/mol. The van der Waals surface area contributed by atoms with Crippen molar-refractivity contribution in [3.63, 3.8) is 0 Å². The van der Waals surface area contributed by atoms with Gasteiger partial charge in [0.2, 0.25) is 0 Å². The number of pyridine rings is 3. The van der Waals surface area contributed by atoms with Gasteiger partial charge >= 0.3 is 21.1 Å². The molecule has 0 unspecified atom stereocenters. The smallest absolute Gasteiger partial charge is 0.358 e. The van der Waals surface area contributed by atoms with Crippen LogP contribution in [0.4, 0.5) is 0 Å². The van der Waals surface area contributed by atoms with E-state index in [0.717, 1.165) is 67.5 Å². The van der Waals surface area contributed by atoms with E-state index in [4.69, 9.17) is 4.98 Å². The molecular weight excluding hydrogens is 1550 g/mol. The van der Waals surface area contributed by atoms with Crippen molar-refractivity contribution in [2.24, 2.45) is 0 Å². The van der Waals surface area contributed by atoms with Crippen LogP contribution in [-0.2, 0) is 42.1 Å². The fraction of sp³-hybridized carbons (Fsp3) is 0. The zero-order valence-corrected chi connectivity index (χ0v) is 58.9. The van der Waals surface area contributed by atoms with Crippen LogP contribution in [0.1, 0.15) is 0 Å². The maximum Gasteiger partial charge on any atom is 2.00 e. The Morgan fingerprint density at radius 1 is 0.221 bits per heavy atom. The summed E-state index contributed by atoms with van der Waals surface area (Å²) in [5.74, 6) is 0. The zero-order valence-electron chi connectivity index (χ0n) is 52.4.